The molecule has 0 bridgehead atoms. The van der Waals surface area contributed by atoms with Gasteiger partial charge in [-0.15, -0.1) is 0 Å². The second kappa shape index (κ2) is 5.14. The fourth-order valence-corrected chi connectivity index (χ4v) is 3.93. The van der Waals surface area contributed by atoms with Gasteiger partial charge >= 0.3 is 0 Å². The normalized spacial score (nSPS) is 22.3. The van der Waals surface area contributed by atoms with Gasteiger partial charge < -0.3 is 10.5 Å². The second-order valence-electron chi connectivity index (χ2n) is 4.01. The molecule has 0 aromatic carbocycles. The highest BCUT2D eigenvalue weighted by Gasteiger charge is 2.33. The Kier molecular flexibility index (Phi) is 3.93. The highest BCUT2D eigenvalue weighted by atomic mass is 35.5. The number of rotatable bonds is 3. The number of sulfonamides is 1. The number of hydrogen-bond acceptors (Lipinski definition) is 5. The van der Waals surface area contributed by atoms with Crippen LogP contribution in [-0.2, 0) is 21.8 Å². The molecule has 9 heteroatoms. The zero-order chi connectivity index (χ0) is 13.3. The van der Waals surface area contributed by atoms with Gasteiger partial charge in [0.25, 0.3) is 10.0 Å². The number of nitrogens with zero attached hydrogens (tertiary/aromatic N) is 3. The van der Waals surface area contributed by atoms with Crippen molar-refractivity contribution in [3.8, 4) is 0 Å². The summed E-state index contributed by atoms with van der Waals surface area (Å²) in [4.78, 5) is 0. The van der Waals surface area contributed by atoms with E-state index in [0.29, 0.717) is 13.2 Å². The highest BCUT2D eigenvalue weighted by Crippen LogP contribution is 2.24. The number of hydrogen-bond donors (Lipinski definition) is 1. The molecule has 2 heterocycles. The van der Waals surface area contributed by atoms with E-state index >= 15 is 0 Å². The Bertz CT molecular complexity index is 510. The summed E-state index contributed by atoms with van der Waals surface area (Å²) in [6.45, 7) is 1.14. The van der Waals surface area contributed by atoms with Gasteiger partial charge in [-0.05, 0) is 0 Å². The predicted molar refractivity (Wildman–Crippen MR) is 65.8 cm³/mol. The molecular weight excluding hydrogens is 280 g/mol. The zero-order valence-corrected chi connectivity index (χ0v) is 11.5. The SMILES string of the molecule is Cn1ncc(Cl)c1S(=O)(=O)N1CCOC(CN)C1. The molecule has 2 rings (SSSR count). The van der Waals surface area contributed by atoms with Crippen LogP contribution in [0, 0.1) is 0 Å². The average Bonchev–Trinajstić information content (AvgIpc) is 2.69. The summed E-state index contributed by atoms with van der Waals surface area (Å²) >= 11 is 5.87. The van der Waals surface area contributed by atoms with Crippen molar-refractivity contribution >= 4 is 21.6 Å². The zero-order valence-electron chi connectivity index (χ0n) is 9.91. The highest BCUT2D eigenvalue weighted by molar-refractivity contribution is 7.89. The average molecular weight is 295 g/mol. The van der Waals surface area contributed by atoms with Crippen molar-refractivity contribution in [2.24, 2.45) is 12.8 Å². The Morgan fingerprint density at radius 3 is 2.94 bits per heavy atom. The summed E-state index contributed by atoms with van der Waals surface area (Å²) < 4.78 is 32.8. The van der Waals surface area contributed by atoms with Gasteiger partial charge in [0.2, 0.25) is 0 Å². The van der Waals surface area contributed by atoms with Crippen LogP contribution in [-0.4, -0.2) is 54.8 Å². The van der Waals surface area contributed by atoms with Gasteiger partial charge in [-0.1, -0.05) is 11.6 Å². The van der Waals surface area contributed by atoms with Crippen molar-refractivity contribution in [3.63, 3.8) is 0 Å². The van der Waals surface area contributed by atoms with E-state index in [4.69, 9.17) is 22.1 Å². The largest absolute Gasteiger partial charge is 0.374 e. The Morgan fingerprint density at radius 1 is 1.67 bits per heavy atom. The van der Waals surface area contributed by atoms with Crippen LogP contribution in [0.2, 0.25) is 5.02 Å². The summed E-state index contributed by atoms with van der Waals surface area (Å²) in [5.74, 6) is 0. The smallest absolute Gasteiger partial charge is 0.261 e. The first-order valence-electron chi connectivity index (χ1n) is 5.46. The Hall–Kier alpha value is -0.670. The number of morpholine rings is 1. The lowest BCUT2D eigenvalue weighted by Gasteiger charge is -2.31. The molecule has 2 N–H and O–H groups in total. The number of halogens is 1. The molecule has 0 aliphatic carbocycles. The first kappa shape index (κ1) is 13.8. The maximum atomic E-state index is 12.4. The summed E-state index contributed by atoms with van der Waals surface area (Å²) in [6.07, 6.45) is 1.04. The van der Waals surface area contributed by atoms with Crippen molar-refractivity contribution in [1.29, 1.82) is 0 Å². The number of aromatic nitrogens is 2. The Labute approximate surface area is 110 Å². The van der Waals surface area contributed by atoms with E-state index in [9.17, 15) is 8.42 Å². The van der Waals surface area contributed by atoms with E-state index in [1.165, 1.54) is 15.2 Å². The van der Waals surface area contributed by atoms with Crippen LogP contribution in [0.25, 0.3) is 0 Å². The minimum atomic E-state index is -3.66. The van der Waals surface area contributed by atoms with Crippen molar-refractivity contribution in [3.05, 3.63) is 11.2 Å². The summed E-state index contributed by atoms with van der Waals surface area (Å²) in [5.41, 5.74) is 5.50. The minimum absolute atomic E-state index is 0.00170. The molecule has 1 aromatic rings. The molecule has 0 radical (unpaired) electrons. The summed E-state index contributed by atoms with van der Waals surface area (Å²) in [5, 5.41) is 3.96. The molecule has 1 aliphatic rings. The van der Waals surface area contributed by atoms with Crippen molar-refractivity contribution < 1.29 is 13.2 Å². The first-order chi connectivity index (χ1) is 8.46. The maximum absolute atomic E-state index is 12.4. The molecule has 1 aromatic heterocycles. The molecular formula is C9H15ClN4O3S. The topological polar surface area (TPSA) is 90.5 Å². The molecule has 0 saturated carbocycles. The number of ether oxygens (including phenoxy) is 1. The molecule has 102 valence electrons. The third kappa shape index (κ3) is 2.39. The lowest BCUT2D eigenvalue weighted by molar-refractivity contribution is 0.00437. The quantitative estimate of drug-likeness (QED) is 0.805. The Balaban J connectivity index is 2.31. The van der Waals surface area contributed by atoms with E-state index in [1.54, 1.807) is 7.05 Å². The molecule has 1 saturated heterocycles. The Morgan fingerprint density at radius 2 is 2.39 bits per heavy atom. The van der Waals surface area contributed by atoms with Gasteiger partial charge in [0, 0.05) is 26.7 Å². The molecule has 1 fully saturated rings. The molecule has 7 nitrogen and oxygen atoms in total. The second-order valence-corrected chi connectivity index (χ2v) is 6.27. The molecule has 1 atom stereocenters. The van der Waals surface area contributed by atoms with E-state index < -0.39 is 10.0 Å². The van der Waals surface area contributed by atoms with E-state index in [0.717, 1.165) is 0 Å². The van der Waals surface area contributed by atoms with Crippen LogP contribution in [0.15, 0.2) is 11.2 Å². The molecule has 18 heavy (non-hydrogen) atoms. The first-order valence-corrected chi connectivity index (χ1v) is 7.28. The third-order valence-electron chi connectivity index (χ3n) is 2.79. The number of aryl methyl sites for hydroxylation is 1. The van der Waals surface area contributed by atoms with E-state index in [1.807, 2.05) is 0 Å². The van der Waals surface area contributed by atoms with E-state index in [2.05, 4.69) is 5.10 Å². The van der Waals surface area contributed by atoms with Crippen LogP contribution in [0.3, 0.4) is 0 Å². The van der Waals surface area contributed by atoms with Gasteiger partial charge in [-0.3, -0.25) is 4.68 Å². The van der Waals surface area contributed by atoms with Gasteiger partial charge in [-0.25, -0.2) is 8.42 Å². The van der Waals surface area contributed by atoms with Gasteiger partial charge in [0.1, 0.15) is 0 Å². The summed E-state index contributed by atoms with van der Waals surface area (Å²) in [6, 6.07) is 0. The van der Waals surface area contributed by atoms with Crippen LogP contribution in [0.5, 0.6) is 0 Å². The minimum Gasteiger partial charge on any atom is -0.374 e. The van der Waals surface area contributed by atoms with Crippen molar-refractivity contribution in [2.75, 3.05) is 26.2 Å². The van der Waals surface area contributed by atoms with Crippen LogP contribution >= 0.6 is 11.6 Å². The molecule has 1 aliphatic heterocycles. The third-order valence-corrected chi connectivity index (χ3v) is 5.16. The monoisotopic (exact) mass is 294 g/mol. The molecule has 1 unspecified atom stereocenters. The maximum Gasteiger partial charge on any atom is 0.261 e. The van der Waals surface area contributed by atoms with Crippen molar-refractivity contribution in [1.82, 2.24) is 14.1 Å². The fourth-order valence-electron chi connectivity index (χ4n) is 1.87. The lowest BCUT2D eigenvalue weighted by Crippen LogP contribution is -2.48. The molecule has 0 spiro atoms. The summed E-state index contributed by atoms with van der Waals surface area (Å²) in [7, 11) is -2.12. The number of nitrogens with two attached hydrogens (primary N) is 1. The fraction of sp³-hybridized carbons (Fsp3) is 0.667. The standard InChI is InChI=1S/C9H15ClN4O3S/c1-13-9(8(10)5-12-13)18(15,16)14-2-3-17-7(4-11)6-14/h5,7H,2-4,6,11H2,1H3. The van der Waals surface area contributed by atoms with Crippen LogP contribution < -0.4 is 5.73 Å². The molecule has 0 amide bonds. The van der Waals surface area contributed by atoms with E-state index in [-0.39, 0.29) is 29.2 Å². The predicted octanol–water partition coefficient (Wildman–Crippen LogP) is -0.578. The van der Waals surface area contributed by atoms with Crippen LogP contribution in [0.4, 0.5) is 0 Å². The van der Waals surface area contributed by atoms with Gasteiger partial charge in [0.15, 0.2) is 5.03 Å². The van der Waals surface area contributed by atoms with Crippen LogP contribution in [0.1, 0.15) is 0 Å². The lowest BCUT2D eigenvalue weighted by atomic mass is 10.3. The van der Waals surface area contributed by atoms with Crippen molar-refractivity contribution in [2.45, 2.75) is 11.1 Å². The van der Waals surface area contributed by atoms with Gasteiger partial charge in [0.05, 0.1) is 23.9 Å². The van der Waals surface area contributed by atoms with Gasteiger partial charge in [-0.2, -0.15) is 9.40 Å².